The molecule has 0 spiro atoms. The molecule has 1 fully saturated rings. The Hall–Kier alpha value is -0.620. The molecule has 0 atom stereocenters. The molecule has 100 valence electrons. The van der Waals surface area contributed by atoms with Gasteiger partial charge in [-0.1, -0.05) is 13.3 Å². The van der Waals surface area contributed by atoms with Crippen LogP contribution in [0.4, 0.5) is 0 Å². The monoisotopic (exact) mass is 262 g/mol. The van der Waals surface area contributed by atoms with Crippen molar-refractivity contribution in [1.82, 2.24) is 9.62 Å². The first-order chi connectivity index (χ1) is 7.93. The fourth-order valence-electron chi connectivity index (χ4n) is 1.97. The summed E-state index contributed by atoms with van der Waals surface area (Å²) in [5.41, 5.74) is 0. The predicted octanol–water partition coefficient (Wildman–Crippen LogP) is 0.717. The molecule has 0 bridgehead atoms. The van der Waals surface area contributed by atoms with Crippen LogP contribution >= 0.6 is 0 Å². The van der Waals surface area contributed by atoms with E-state index in [2.05, 4.69) is 12.2 Å². The number of hydrogen-bond donors (Lipinski definition) is 1. The molecule has 6 heteroatoms. The van der Waals surface area contributed by atoms with E-state index in [1.165, 1.54) is 10.6 Å². The first kappa shape index (κ1) is 14.4. The maximum absolute atomic E-state index is 11.5. The Bertz CT molecular complexity index is 346. The van der Waals surface area contributed by atoms with Crippen molar-refractivity contribution in [2.45, 2.75) is 45.1 Å². The van der Waals surface area contributed by atoms with Gasteiger partial charge in [-0.15, -0.1) is 0 Å². The molecule has 1 heterocycles. The Balaban J connectivity index is 2.30. The minimum atomic E-state index is -3.07. The van der Waals surface area contributed by atoms with Gasteiger partial charge in [0.1, 0.15) is 0 Å². The minimum absolute atomic E-state index is 0.0876. The predicted molar refractivity (Wildman–Crippen MR) is 67.1 cm³/mol. The Morgan fingerprint density at radius 2 is 1.94 bits per heavy atom. The molecule has 1 saturated heterocycles. The van der Waals surface area contributed by atoms with Gasteiger partial charge >= 0.3 is 0 Å². The van der Waals surface area contributed by atoms with Crippen LogP contribution in [0.25, 0.3) is 0 Å². The van der Waals surface area contributed by atoms with Crippen LogP contribution < -0.4 is 5.32 Å². The highest BCUT2D eigenvalue weighted by molar-refractivity contribution is 7.88. The van der Waals surface area contributed by atoms with Crippen LogP contribution in [0, 0.1) is 0 Å². The van der Waals surface area contributed by atoms with E-state index in [0.717, 1.165) is 12.8 Å². The Morgan fingerprint density at radius 3 is 2.41 bits per heavy atom. The summed E-state index contributed by atoms with van der Waals surface area (Å²) in [6.07, 6.45) is 5.15. The molecule has 0 unspecified atom stereocenters. The van der Waals surface area contributed by atoms with Gasteiger partial charge in [-0.25, -0.2) is 12.7 Å². The summed E-state index contributed by atoms with van der Waals surface area (Å²) in [6, 6.07) is 0.136. The van der Waals surface area contributed by atoms with Crippen LogP contribution in [0.2, 0.25) is 0 Å². The van der Waals surface area contributed by atoms with Crippen molar-refractivity contribution in [3.63, 3.8) is 0 Å². The van der Waals surface area contributed by atoms with E-state index in [9.17, 15) is 13.2 Å². The number of nitrogens with zero attached hydrogens (tertiary/aromatic N) is 1. The third kappa shape index (κ3) is 5.04. The van der Waals surface area contributed by atoms with Crippen molar-refractivity contribution in [3.8, 4) is 0 Å². The van der Waals surface area contributed by atoms with Crippen LogP contribution in [0.15, 0.2) is 0 Å². The van der Waals surface area contributed by atoms with Gasteiger partial charge in [0.25, 0.3) is 0 Å². The van der Waals surface area contributed by atoms with Gasteiger partial charge in [0, 0.05) is 25.6 Å². The molecule has 0 radical (unpaired) electrons. The molecule has 1 aliphatic rings. The zero-order valence-corrected chi connectivity index (χ0v) is 11.4. The number of nitrogens with one attached hydrogen (secondary N) is 1. The fraction of sp³-hybridized carbons (Fsp3) is 0.909. The lowest BCUT2D eigenvalue weighted by Gasteiger charge is -2.30. The molecule has 0 aliphatic carbocycles. The maximum atomic E-state index is 11.5. The lowest BCUT2D eigenvalue weighted by atomic mass is 10.1. The van der Waals surface area contributed by atoms with E-state index < -0.39 is 10.0 Å². The molecular formula is C11H22N2O3S. The first-order valence-corrected chi connectivity index (χ1v) is 8.02. The number of piperidine rings is 1. The lowest BCUT2D eigenvalue weighted by molar-refractivity contribution is -0.122. The molecule has 1 amide bonds. The molecule has 17 heavy (non-hydrogen) atoms. The molecule has 0 aromatic heterocycles. The van der Waals surface area contributed by atoms with Crippen molar-refractivity contribution in [2.75, 3.05) is 19.3 Å². The number of unbranched alkanes of at least 4 members (excludes halogenated alkanes) is 1. The van der Waals surface area contributed by atoms with Crippen LogP contribution in [0.1, 0.15) is 39.0 Å². The van der Waals surface area contributed by atoms with E-state index in [1.807, 2.05) is 0 Å². The molecule has 0 aromatic carbocycles. The van der Waals surface area contributed by atoms with E-state index in [1.54, 1.807) is 0 Å². The van der Waals surface area contributed by atoms with Gasteiger partial charge in [0.05, 0.1) is 6.26 Å². The number of hydrogen-bond acceptors (Lipinski definition) is 3. The smallest absolute Gasteiger partial charge is 0.220 e. The van der Waals surface area contributed by atoms with Crippen molar-refractivity contribution in [3.05, 3.63) is 0 Å². The van der Waals surface area contributed by atoms with Crippen molar-refractivity contribution < 1.29 is 13.2 Å². The van der Waals surface area contributed by atoms with Gasteiger partial charge < -0.3 is 5.32 Å². The first-order valence-electron chi connectivity index (χ1n) is 6.18. The van der Waals surface area contributed by atoms with Gasteiger partial charge in [-0.3, -0.25) is 4.79 Å². The molecule has 1 N–H and O–H groups in total. The van der Waals surface area contributed by atoms with Crippen LogP contribution in [0.5, 0.6) is 0 Å². The van der Waals surface area contributed by atoms with E-state index in [4.69, 9.17) is 0 Å². The fourth-order valence-corrected chi connectivity index (χ4v) is 2.84. The van der Waals surface area contributed by atoms with E-state index >= 15 is 0 Å². The van der Waals surface area contributed by atoms with Crippen molar-refractivity contribution >= 4 is 15.9 Å². The molecular weight excluding hydrogens is 240 g/mol. The minimum Gasteiger partial charge on any atom is -0.353 e. The molecule has 1 aliphatic heterocycles. The van der Waals surface area contributed by atoms with Gasteiger partial charge in [-0.05, 0) is 19.3 Å². The van der Waals surface area contributed by atoms with Crippen LogP contribution in [-0.4, -0.2) is 44.0 Å². The van der Waals surface area contributed by atoms with Crippen LogP contribution in [-0.2, 0) is 14.8 Å². The van der Waals surface area contributed by atoms with E-state index in [0.29, 0.717) is 32.4 Å². The molecule has 1 rings (SSSR count). The van der Waals surface area contributed by atoms with Crippen molar-refractivity contribution in [2.24, 2.45) is 0 Å². The summed E-state index contributed by atoms with van der Waals surface area (Å²) in [4.78, 5) is 11.5. The average molecular weight is 262 g/mol. The molecule has 5 nitrogen and oxygen atoms in total. The SMILES string of the molecule is CCCCC(=O)NC1CCN(S(C)(=O)=O)CC1. The quantitative estimate of drug-likeness (QED) is 0.794. The third-order valence-corrected chi connectivity index (χ3v) is 4.35. The maximum Gasteiger partial charge on any atom is 0.220 e. The highest BCUT2D eigenvalue weighted by Crippen LogP contribution is 2.13. The Kier molecular flexibility index (Phi) is 5.39. The van der Waals surface area contributed by atoms with Gasteiger partial charge in [0.15, 0.2) is 0 Å². The summed E-state index contributed by atoms with van der Waals surface area (Å²) in [5.74, 6) is 0.0876. The second kappa shape index (κ2) is 6.35. The second-order valence-electron chi connectivity index (χ2n) is 4.61. The highest BCUT2D eigenvalue weighted by atomic mass is 32.2. The summed E-state index contributed by atoms with van der Waals surface area (Å²) < 4.78 is 24.1. The molecule has 0 aromatic rings. The van der Waals surface area contributed by atoms with Crippen LogP contribution in [0.3, 0.4) is 0 Å². The number of sulfonamides is 1. The second-order valence-corrected chi connectivity index (χ2v) is 6.59. The normalized spacial score (nSPS) is 19.2. The lowest BCUT2D eigenvalue weighted by Crippen LogP contribution is -2.46. The van der Waals surface area contributed by atoms with Crippen molar-refractivity contribution in [1.29, 1.82) is 0 Å². The van der Waals surface area contributed by atoms with Gasteiger partial charge in [0.2, 0.25) is 15.9 Å². The zero-order valence-electron chi connectivity index (χ0n) is 10.6. The number of carbonyl (C=O) groups is 1. The van der Waals surface area contributed by atoms with E-state index in [-0.39, 0.29) is 11.9 Å². The van der Waals surface area contributed by atoms with Gasteiger partial charge in [-0.2, -0.15) is 0 Å². The Morgan fingerprint density at radius 1 is 1.35 bits per heavy atom. The number of carbonyl (C=O) groups excluding carboxylic acids is 1. The zero-order chi connectivity index (χ0) is 12.9. The largest absolute Gasteiger partial charge is 0.353 e. The summed E-state index contributed by atoms with van der Waals surface area (Å²) >= 11 is 0. The Labute approximate surface area is 104 Å². The standard InChI is InChI=1S/C11H22N2O3S/c1-3-4-5-11(14)12-10-6-8-13(9-7-10)17(2,15)16/h10H,3-9H2,1-2H3,(H,12,14). The summed E-state index contributed by atoms with van der Waals surface area (Å²) in [7, 11) is -3.07. The molecule has 0 saturated carbocycles. The summed E-state index contributed by atoms with van der Waals surface area (Å²) in [6.45, 7) is 3.08. The third-order valence-electron chi connectivity index (χ3n) is 3.05. The summed E-state index contributed by atoms with van der Waals surface area (Å²) in [5, 5.41) is 2.97. The highest BCUT2D eigenvalue weighted by Gasteiger charge is 2.25. The number of amides is 1. The number of rotatable bonds is 5. The topological polar surface area (TPSA) is 66.5 Å². The average Bonchev–Trinajstić information content (AvgIpc) is 2.26.